The number of aliphatic hydroxyl groups is 1. The Bertz CT molecular complexity index is 575. The fourth-order valence-electron chi connectivity index (χ4n) is 2.08. The van der Waals surface area contributed by atoms with Gasteiger partial charge in [0.2, 0.25) is 0 Å². The van der Waals surface area contributed by atoms with Crippen LogP contribution < -0.4 is 4.74 Å². The third-order valence-electron chi connectivity index (χ3n) is 3.05. The smallest absolute Gasteiger partial charge is 0.406 e. The average Bonchev–Trinajstić information content (AvgIpc) is 2.87. The van der Waals surface area contributed by atoms with E-state index >= 15 is 0 Å². The topological polar surface area (TPSA) is 29.5 Å². The molecular formula is C15H15F3O2S. The molecule has 1 aromatic carbocycles. The number of hydrogen-bond acceptors (Lipinski definition) is 3. The minimum absolute atomic E-state index is 0.258. The van der Waals surface area contributed by atoms with Crippen LogP contribution in [-0.2, 0) is 12.8 Å². The molecule has 1 atom stereocenters. The van der Waals surface area contributed by atoms with Gasteiger partial charge in [-0.1, -0.05) is 19.1 Å². The van der Waals surface area contributed by atoms with Gasteiger partial charge in [0.1, 0.15) is 5.75 Å². The number of halogens is 3. The molecule has 1 aromatic heterocycles. The summed E-state index contributed by atoms with van der Waals surface area (Å²) in [5, 5.41) is 12.2. The first-order chi connectivity index (χ1) is 9.89. The van der Waals surface area contributed by atoms with Crippen molar-refractivity contribution in [2.75, 3.05) is 0 Å². The molecule has 0 bridgehead atoms. The second-order valence-corrected chi connectivity index (χ2v) is 5.52. The van der Waals surface area contributed by atoms with Crippen LogP contribution in [0.4, 0.5) is 13.2 Å². The molecule has 0 saturated carbocycles. The molecule has 114 valence electrons. The molecule has 0 amide bonds. The molecule has 0 aliphatic rings. The van der Waals surface area contributed by atoms with E-state index in [-0.39, 0.29) is 5.75 Å². The maximum Gasteiger partial charge on any atom is 0.573 e. The normalized spacial score (nSPS) is 13.2. The van der Waals surface area contributed by atoms with Gasteiger partial charge in [-0.2, -0.15) is 0 Å². The summed E-state index contributed by atoms with van der Waals surface area (Å²) in [6.45, 7) is 2.02. The van der Waals surface area contributed by atoms with Gasteiger partial charge in [0.05, 0.1) is 6.10 Å². The summed E-state index contributed by atoms with van der Waals surface area (Å²) in [7, 11) is 0. The first-order valence-electron chi connectivity index (χ1n) is 6.48. The van der Waals surface area contributed by atoms with Crippen molar-refractivity contribution in [2.45, 2.75) is 32.2 Å². The van der Waals surface area contributed by atoms with E-state index in [4.69, 9.17) is 0 Å². The highest BCUT2D eigenvalue weighted by molar-refractivity contribution is 7.10. The van der Waals surface area contributed by atoms with Crippen LogP contribution in [0.5, 0.6) is 5.75 Å². The SMILES string of the molecule is CCc1ccsc1C(O)Cc1ccc(OC(F)(F)F)cc1. The number of rotatable bonds is 5. The lowest BCUT2D eigenvalue weighted by molar-refractivity contribution is -0.274. The minimum Gasteiger partial charge on any atom is -0.406 e. The molecule has 1 N–H and O–H groups in total. The summed E-state index contributed by atoms with van der Waals surface area (Å²) in [5.74, 6) is -0.258. The van der Waals surface area contributed by atoms with E-state index in [0.29, 0.717) is 6.42 Å². The summed E-state index contributed by atoms with van der Waals surface area (Å²) in [6.07, 6.45) is -4.13. The summed E-state index contributed by atoms with van der Waals surface area (Å²) >= 11 is 1.49. The zero-order valence-corrected chi connectivity index (χ0v) is 12.2. The van der Waals surface area contributed by atoms with E-state index in [2.05, 4.69) is 4.74 Å². The van der Waals surface area contributed by atoms with E-state index < -0.39 is 12.5 Å². The molecule has 0 radical (unpaired) electrons. The van der Waals surface area contributed by atoms with Crippen LogP contribution in [0.3, 0.4) is 0 Å². The number of hydrogen-bond donors (Lipinski definition) is 1. The van der Waals surface area contributed by atoms with Gasteiger partial charge in [-0.25, -0.2) is 0 Å². The lowest BCUT2D eigenvalue weighted by atomic mass is 10.0. The molecule has 1 unspecified atom stereocenters. The van der Waals surface area contributed by atoms with Crippen molar-refractivity contribution in [1.29, 1.82) is 0 Å². The third-order valence-corrected chi connectivity index (χ3v) is 4.11. The molecule has 21 heavy (non-hydrogen) atoms. The summed E-state index contributed by atoms with van der Waals surface area (Å²) in [4.78, 5) is 0.910. The van der Waals surface area contributed by atoms with Crippen LogP contribution in [-0.4, -0.2) is 11.5 Å². The molecular weight excluding hydrogens is 301 g/mol. The molecule has 0 spiro atoms. The average molecular weight is 316 g/mol. The molecule has 2 nitrogen and oxygen atoms in total. The zero-order valence-electron chi connectivity index (χ0n) is 11.4. The number of thiophene rings is 1. The Kier molecular flexibility index (Phi) is 4.90. The zero-order chi connectivity index (χ0) is 15.5. The quantitative estimate of drug-likeness (QED) is 0.881. The third kappa shape index (κ3) is 4.47. The van der Waals surface area contributed by atoms with E-state index in [1.54, 1.807) is 0 Å². The summed E-state index contributed by atoms with van der Waals surface area (Å²) < 4.78 is 40.0. The highest BCUT2D eigenvalue weighted by Gasteiger charge is 2.30. The lowest BCUT2D eigenvalue weighted by Crippen LogP contribution is -2.17. The molecule has 2 rings (SSSR count). The Balaban J connectivity index is 2.03. The van der Waals surface area contributed by atoms with Gasteiger partial charge in [0, 0.05) is 11.3 Å². The van der Waals surface area contributed by atoms with Gasteiger partial charge in [0.25, 0.3) is 0 Å². The summed E-state index contributed by atoms with van der Waals surface area (Å²) in [5.41, 5.74) is 1.86. The van der Waals surface area contributed by atoms with Crippen LogP contribution in [0, 0.1) is 0 Å². The fourth-order valence-corrected chi connectivity index (χ4v) is 3.06. The minimum atomic E-state index is -4.69. The Hall–Kier alpha value is -1.53. The van der Waals surface area contributed by atoms with Crippen molar-refractivity contribution in [3.8, 4) is 5.75 Å². The number of aliphatic hydroxyl groups excluding tert-OH is 1. The molecule has 0 aliphatic carbocycles. The van der Waals surface area contributed by atoms with Crippen LogP contribution in [0.2, 0.25) is 0 Å². The van der Waals surface area contributed by atoms with Crippen molar-refractivity contribution in [3.63, 3.8) is 0 Å². The van der Waals surface area contributed by atoms with E-state index in [9.17, 15) is 18.3 Å². The largest absolute Gasteiger partial charge is 0.573 e. The van der Waals surface area contributed by atoms with Gasteiger partial charge in [0.15, 0.2) is 0 Å². The molecule has 6 heteroatoms. The number of ether oxygens (including phenoxy) is 1. The predicted octanol–water partition coefficient (Wildman–Crippen LogP) is 4.49. The van der Waals surface area contributed by atoms with Crippen LogP contribution in [0.25, 0.3) is 0 Å². The second-order valence-electron chi connectivity index (χ2n) is 4.58. The lowest BCUT2D eigenvalue weighted by Gasteiger charge is -2.12. The molecule has 0 aliphatic heterocycles. The maximum absolute atomic E-state index is 12.1. The van der Waals surface area contributed by atoms with Crippen molar-refractivity contribution in [2.24, 2.45) is 0 Å². The number of alkyl halides is 3. The molecule has 2 aromatic rings. The molecule has 0 fully saturated rings. The standard InChI is InChI=1S/C15H15F3O2S/c1-2-11-7-8-21-14(11)13(19)9-10-3-5-12(6-4-10)20-15(16,17)18/h3-8,13,19H,2,9H2,1H3. The van der Waals surface area contributed by atoms with Crippen molar-refractivity contribution in [1.82, 2.24) is 0 Å². The van der Waals surface area contributed by atoms with Gasteiger partial charge in [-0.05, 0) is 41.1 Å². The number of aryl methyl sites for hydroxylation is 1. The van der Waals surface area contributed by atoms with E-state index in [0.717, 1.165) is 22.4 Å². The highest BCUT2D eigenvalue weighted by Crippen LogP contribution is 2.29. The first kappa shape index (κ1) is 15.9. The van der Waals surface area contributed by atoms with Crippen molar-refractivity contribution in [3.05, 3.63) is 51.7 Å². The summed E-state index contributed by atoms with van der Waals surface area (Å²) in [6, 6.07) is 7.55. The first-order valence-corrected chi connectivity index (χ1v) is 7.36. The fraction of sp³-hybridized carbons (Fsp3) is 0.333. The van der Waals surface area contributed by atoms with Crippen LogP contribution in [0.1, 0.15) is 29.0 Å². The predicted molar refractivity (Wildman–Crippen MR) is 75.5 cm³/mol. The Morgan fingerprint density at radius 3 is 2.43 bits per heavy atom. The highest BCUT2D eigenvalue weighted by atomic mass is 32.1. The van der Waals surface area contributed by atoms with Crippen LogP contribution >= 0.6 is 11.3 Å². The van der Waals surface area contributed by atoms with Gasteiger partial charge in [-0.3, -0.25) is 0 Å². The monoisotopic (exact) mass is 316 g/mol. The molecule has 1 heterocycles. The van der Waals surface area contributed by atoms with Gasteiger partial charge in [-0.15, -0.1) is 24.5 Å². The Morgan fingerprint density at radius 1 is 1.19 bits per heavy atom. The van der Waals surface area contributed by atoms with Crippen molar-refractivity contribution >= 4 is 11.3 Å². The molecule has 0 saturated heterocycles. The van der Waals surface area contributed by atoms with Crippen molar-refractivity contribution < 1.29 is 23.0 Å². The second kappa shape index (κ2) is 6.49. The van der Waals surface area contributed by atoms with E-state index in [1.807, 2.05) is 18.4 Å². The van der Waals surface area contributed by atoms with Gasteiger partial charge < -0.3 is 9.84 Å². The Morgan fingerprint density at radius 2 is 1.86 bits per heavy atom. The van der Waals surface area contributed by atoms with Gasteiger partial charge >= 0.3 is 6.36 Å². The van der Waals surface area contributed by atoms with Crippen LogP contribution in [0.15, 0.2) is 35.7 Å². The Labute approximate surface area is 124 Å². The maximum atomic E-state index is 12.1. The van der Waals surface area contributed by atoms with E-state index in [1.165, 1.54) is 35.6 Å². The number of benzene rings is 1.